The van der Waals surface area contributed by atoms with E-state index in [1.165, 1.54) is 31.4 Å². The standard InChI is InChI=1S/C13H14N2O3S/c1-7(5-6-14)11-8(2)10(13(17)18-4)12(19-11)15-9(3)16/h5H,1-4H3,(H,15,16). The number of carbonyl (C=O) groups is 2. The molecule has 1 amide bonds. The van der Waals surface area contributed by atoms with Gasteiger partial charge in [0.1, 0.15) is 5.00 Å². The molecule has 19 heavy (non-hydrogen) atoms. The predicted octanol–water partition coefficient (Wildman–Crippen LogP) is 2.73. The molecule has 0 aromatic carbocycles. The second-order valence-electron chi connectivity index (χ2n) is 3.89. The van der Waals surface area contributed by atoms with Crippen LogP contribution < -0.4 is 5.32 Å². The van der Waals surface area contributed by atoms with Crippen molar-refractivity contribution in [1.82, 2.24) is 0 Å². The van der Waals surface area contributed by atoms with Crippen LogP contribution in [0.15, 0.2) is 6.08 Å². The molecule has 0 unspecified atom stereocenters. The summed E-state index contributed by atoms with van der Waals surface area (Å²) in [6.07, 6.45) is 1.40. The Balaban J connectivity index is 3.43. The van der Waals surface area contributed by atoms with E-state index in [2.05, 4.69) is 5.32 Å². The number of esters is 1. The number of nitrogens with zero attached hydrogens (tertiary/aromatic N) is 1. The fraction of sp³-hybridized carbons (Fsp3) is 0.308. The second-order valence-corrected chi connectivity index (χ2v) is 4.91. The molecule has 5 nitrogen and oxygen atoms in total. The Morgan fingerprint density at radius 2 is 2.05 bits per heavy atom. The van der Waals surface area contributed by atoms with E-state index in [4.69, 9.17) is 10.00 Å². The van der Waals surface area contributed by atoms with Gasteiger partial charge in [-0.1, -0.05) is 0 Å². The predicted molar refractivity (Wildman–Crippen MR) is 74.0 cm³/mol. The van der Waals surface area contributed by atoms with Crippen LogP contribution in [0.3, 0.4) is 0 Å². The third-order valence-electron chi connectivity index (χ3n) is 2.47. The number of allylic oxidation sites excluding steroid dienone is 2. The Labute approximate surface area is 115 Å². The summed E-state index contributed by atoms with van der Waals surface area (Å²) in [6.45, 7) is 4.91. The number of carbonyl (C=O) groups excluding carboxylic acids is 2. The fourth-order valence-corrected chi connectivity index (χ4v) is 2.86. The molecule has 0 saturated carbocycles. The average Bonchev–Trinajstić information content (AvgIpc) is 2.65. The number of thiophene rings is 1. The summed E-state index contributed by atoms with van der Waals surface area (Å²) < 4.78 is 4.72. The van der Waals surface area contributed by atoms with Crippen molar-refractivity contribution in [2.75, 3.05) is 12.4 Å². The molecular formula is C13H14N2O3S. The smallest absolute Gasteiger partial charge is 0.341 e. The second kappa shape index (κ2) is 6.16. The lowest BCUT2D eigenvalue weighted by Gasteiger charge is -2.03. The minimum Gasteiger partial charge on any atom is -0.465 e. The van der Waals surface area contributed by atoms with Crippen LogP contribution in [0.5, 0.6) is 0 Å². The number of nitrogens with one attached hydrogen (secondary N) is 1. The topological polar surface area (TPSA) is 79.2 Å². The minimum atomic E-state index is -0.506. The average molecular weight is 278 g/mol. The Morgan fingerprint density at radius 3 is 2.53 bits per heavy atom. The van der Waals surface area contributed by atoms with Gasteiger partial charge in [0, 0.05) is 17.9 Å². The first-order valence-corrected chi connectivity index (χ1v) is 6.30. The molecule has 0 atom stereocenters. The molecule has 0 aliphatic heterocycles. The normalized spacial score (nSPS) is 10.8. The molecule has 0 fully saturated rings. The summed E-state index contributed by atoms with van der Waals surface area (Å²) in [5.41, 5.74) is 1.78. The highest BCUT2D eigenvalue weighted by Crippen LogP contribution is 2.37. The summed E-state index contributed by atoms with van der Waals surface area (Å²) in [4.78, 5) is 23.7. The molecule has 1 heterocycles. The van der Waals surface area contributed by atoms with Gasteiger partial charge in [0.15, 0.2) is 0 Å². The Bertz CT molecular complexity index is 594. The largest absolute Gasteiger partial charge is 0.465 e. The number of hydrogen-bond donors (Lipinski definition) is 1. The van der Waals surface area contributed by atoms with Crippen molar-refractivity contribution in [3.63, 3.8) is 0 Å². The van der Waals surface area contributed by atoms with Gasteiger partial charge in [-0.25, -0.2) is 4.79 Å². The van der Waals surface area contributed by atoms with Crippen LogP contribution >= 0.6 is 11.3 Å². The highest BCUT2D eigenvalue weighted by atomic mass is 32.1. The molecule has 0 spiro atoms. The van der Waals surface area contributed by atoms with Gasteiger partial charge < -0.3 is 10.1 Å². The number of ether oxygens (including phenoxy) is 1. The number of methoxy groups -OCH3 is 1. The van der Waals surface area contributed by atoms with Gasteiger partial charge in [0.25, 0.3) is 0 Å². The lowest BCUT2D eigenvalue weighted by atomic mass is 10.1. The third kappa shape index (κ3) is 3.20. The quantitative estimate of drug-likeness (QED) is 0.681. The summed E-state index contributed by atoms with van der Waals surface area (Å²) in [5, 5.41) is 11.7. The van der Waals surface area contributed by atoms with Crippen molar-refractivity contribution < 1.29 is 14.3 Å². The maximum absolute atomic E-state index is 11.8. The molecule has 1 N–H and O–H groups in total. The molecule has 0 radical (unpaired) electrons. The Kier molecular flexibility index (Phi) is 4.84. The molecule has 6 heteroatoms. The summed E-state index contributed by atoms with van der Waals surface area (Å²) in [7, 11) is 1.29. The Morgan fingerprint density at radius 1 is 1.42 bits per heavy atom. The van der Waals surface area contributed by atoms with Crippen LogP contribution in [-0.4, -0.2) is 19.0 Å². The number of amides is 1. The summed E-state index contributed by atoms with van der Waals surface area (Å²) >= 11 is 1.25. The van der Waals surface area contributed by atoms with E-state index in [0.717, 1.165) is 10.5 Å². The van der Waals surface area contributed by atoms with E-state index in [1.54, 1.807) is 13.8 Å². The summed E-state index contributed by atoms with van der Waals surface area (Å²) in [6, 6.07) is 1.95. The maximum Gasteiger partial charge on any atom is 0.341 e. The first kappa shape index (κ1) is 14.9. The van der Waals surface area contributed by atoms with Crippen LogP contribution in [0, 0.1) is 18.3 Å². The number of rotatable bonds is 3. The zero-order valence-corrected chi connectivity index (χ0v) is 12.0. The summed E-state index contributed by atoms with van der Waals surface area (Å²) in [5.74, 6) is -0.770. The zero-order chi connectivity index (χ0) is 14.6. The molecule has 1 aromatic heterocycles. The first-order valence-electron chi connectivity index (χ1n) is 5.48. The van der Waals surface area contributed by atoms with Gasteiger partial charge in [-0.05, 0) is 25.0 Å². The van der Waals surface area contributed by atoms with Crippen molar-refractivity contribution >= 4 is 33.8 Å². The lowest BCUT2D eigenvalue weighted by molar-refractivity contribution is -0.114. The van der Waals surface area contributed by atoms with Crippen molar-refractivity contribution in [1.29, 1.82) is 5.26 Å². The highest BCUT2D eigenvalue weighted by Gasteiger charge is 2.23. The van der Waals surface area contributed by atoms with Gasteiger partial charge in [-0.2, -0.15) is 5.26 Å². The van der Waals surface area contributed by atoms with E-state index in [0.29, 0.717) is 16.1 Å². The molecule has 100 valence electrons. The van der Waals surface area contributed by atoms with Gasteiger partial charge >= 0.3 is 5.97 Å². The van der Waals surface area contributed by atoms with Crippen LogP contribution in [0.1, 0.15) is 34.6 Å². The molecule has 0 aliphatic carbocycles. The van der Waals surface area contributed by atoms with E-state index in [1.807, 2.05) is 6.07 Å². The van der Waals surface area contributed by atoms with Crippen molar-refractivity contribution in [3.05, 3.63) is 22.1 Å². The Hall–Kier alpha value is -2.13. The number of hydrogen-bond acceptors (Lipinski definition) is 5. The zero-order valence-electron chi connectivity index (χ0n) is 11.2. The van der Waals surface area contributed by atoms with E-state index in [9.17, 15) is 9.59 Å². The molecule has 1 aromatic rings. The SMILES string of the molecule is COC(=O)c1c(NC(C)=O)sc(C(C)=CC#N)c1C. The molecule has 1 rings (SSSR count). The van der Waals surface area contributed by atoms with Crippen molar-refractivity contribution in [3.8, 4) is 6.07 Å². The van der Waals surface area contributed by atoms with E-state index < -0.39 is 5.97 Å². The first-order chi connectivity index (χ1) is 8.92. The van der Waals surface area contributed by atoms with Gasteiger partial charge in [-0.15, -0.1) is 11.3 Å². The molecule has 0 saturated heterocycles. The van der Waals surface area contributed by atoms with Gasteiger partial charge in [-0.3, -0.25) is 4.79 Å². The van der Waals surface area contributed by atoms with Crippen LogP contribution in [-0.2, 0) is 9.53 Å². The molecule has 0 aliphatic rings. The lowest BCUT2D eigenvalue weighted by Crippen LogP contribution is -2.10. The minimum absolute atomic E-state index is 0.264. The van der Waals surface area contributed by atoms with E-state index in [-0.39, 0.29) is 5.91 Å². The van der Waals surface area contributed by atoms with Crippen LogP contribution in [0.25, 0.3) is 5.57 Å². The third-order valence-corrected chi connectivity index (χ3v) is 3.81. The molecule has 0 bridgehead atoms. The molecular weight excluding hydrogens is 264 g/mol. The highest BCUT2D eigenvalue weighted by molar-refractivity contribution is 7.18. The van der Waals surface area contributed by atoms with Crippen LogP contribution in [0.4, 0.5) is 5.00 Å². The van der Waals surface area contributed by atoms with Gasteiger partial charge in [0.2, 0.25) is 5.91 Å². The monoisotopic (exact) mass is 278 g/mol. The van der Waals surface area contributed by atoms with Crippen molar-refractivity contribution in [2.45, 2.75) is 20.8 Å². The van der Waals surface area contributed by atoms with E-state index >= 15 is 0 Å². The number of nitriles is 1. The maximum atomic E-state index is 11.8. The fourth-order valence-electron chi connectivity index (χ4n) is 1.65. The van der Waals surface area contributed by atoms with Gasteiger partial charge in [0.05, 0.1) is 18.7 Å². The van der Waals surface area contributed by atoms with Crippen LogP contribution in [0.2, 0.25) is 0 Å². The number of anilines is 1. The van der Waals surface area contributed by atoms with Crippen molar-refractivity contribution in [2.24, 2.45) is 0 Å².